The maximum atomic E-state index is 11.0. The second-order valence-electron chi connectivity index (χ2n) is 5.43. The molecule has 0 heterocycles. The highest BCUT2D eigenvalue weighted by Crippen LogP contribution is 2.30. The summed E-state index contributed by atoms with van der Waals surface area (Å²) in [6.07, 6.45) is 5.01. The summed E-state index contributed by atoms with van der Waals surface area (Å²) in [5.74, 6) is 0.744. The van der Waals surface area contributed by atoms with Gasteiger partial charge in [0.1, 0.15) is 0 Å². The third kappa shape index (κ3) is 4.51. The minimum atomic E-state index is -3.44. The number of benzene rings is 1. The summed E-state index contributed by atoms with van der Waals surface area (Å²) >= 11 is 0. The average molecular weight is 282 g/mol. The lowest BCUT2D eigenvalue weighted by Crippen LogP contribution is -2.16. The Bertz CT molecular complexity index is 511. The third-order valence-corrected chi connectivity index (χ3v) is 4.55. The fourth-order valence-electron chi connectivity index (χ4n) is 2.74. The van der Waals surface area contributed by atoms with Crippen LogP contribution in [0.15, 0.2) is 24.3 Å². The highest BCUT2D eigenvalue weighted by molar-refractivity contribution is 7.88. The number of nitrogens with one attached hydrogen (secondary N) is 1. The molecule has 0 aliphatic heterocycles. The first kappa shape index (κ1) is 14.3. The zero-order valence-electron chi connectivity index (χ0n) is 11.3. The normalized spacial score (nSPS) is 23.5. The van der Waals surface area contributed by atoms with Gasteiger partial charge in [0.25, 0.3) is 0 Å². The molecule has 0 radical (unpaired) electrons. The molecule has 1 aromatic rings. The van der Waals surface area contributed by atoms with E-state index in [1.165, 1.54) is 25.7 Å². The summed E-state index contributed by atoms with van der Waals surface area (Å²) < 4.78 is 22.0. The molecule has 1 aromatic carbocycles. The molecule has 2 unspecified atom stereocenters. The van der Waals surface area contributed by atoms with Crippen molar-refractivity contribution >= 4 is 15.7 Å². The molecule has 1 saturated carbocycles. The van der Waals surface area contributed by atoms with E-state index in [0.29, 0.717) is 6.04 Å². The molecule has 19 heavy (non-hydrogen) atoms. The Morgan fingerprint density at radius 3 is 2.47 bits per heavy atom. The van der Waals surface area contributed by atoms with E-state index in [1.54, 1.807) is 0 Å². The van der Waals surface area contributed by atoms with Crippen LogP contribution in [0, 0.1) is 5.92 Å². The first-order valence-corrected chi connectivity index (χ1v) is 8.54. The van der Waals surface area contributed by atoms with Crippen molar-refractivity contribution in [1.82, 2.24) is 0 Å². The first-order chi connectivity index (χ1) is 8.96. The fourth-order valence-corrected chi connectivity index (χ4v) is 3.40. The summed E-state index contributed by atoms with van der Waals surface area (Å²) in [5.41, 5.74) is 1.78. The Labute approximate surface area is 115 Å². The van der Waals surface area contributed by atoms with Gasteiger partial charge in [-0.05, 0) is 42.9 Å². The van der Waals surface area contributed by atoms with Gasteiger partial charge in [0.2, 0.25) is 10.0 Å². The van der Waals surface area contributed by atoms with Crippen LogP contribution < -0.4 is 10.5 Å². The highest BCUT2D eigenvalue weighted by Gasteiger charge is 2.22. The first-order valence-electron chi connectivity index (χ1n) is 6.82. The van der Waals surface area contributed by atoms with Crippen molar-refractivity contribution in [3.05, 3.63) is 29.8 Å². The summed E-state index contributed by atoms with van der Waals surface area (Å²) in [4.78, 5) is 0. The predicted octanol–water partition coefficient (Wildman–Crippen LogP) is 2.47. The summed E-state index contributed by atoms with van der Waals surface area (Å²) in [6.45, 7) is 2.25. The van der Waals surface area contributed by atoms with Crippen molar-refractivity contribution in [3.8, 4) is 0 Å². The molecule has 1 aliphatic carbocycles. The van der Waals surface area contributed by atoms with E-state index < -0.39 is 10.0 Å². The van der Waals surface area contributed by atoms with Crippen LogP contribution in [0.5, 0.6) is 0 Å². The lowest BCUT2D eigenvalue weighted by Gasteiger charge is -2.14. The van der Waals surface area contributed by atoms with Crippen molar-refractivity contribution in [2.45, 2.75) is 44.4 Å². The van der Waals surface area contributed by atoms with Gasteiger partial charge in [0.05, 0.1) is 5.75 Å². The van der Waals surface area contributed by atoms with E-state index in [9.17, 15) is 8.42 Å². The molecule has 2 atom stereocenters. The molecule has 0 aromatic heterocycles. The number of hydrogen-bond donors (Lipinski definition) is 2. The summed E-state index contributed by atoms with van der Waals surface area (Å²) in [7, 11) is -3.44. The van der Waals surface area contributed by atoms with Gasteiger partial charge < -0.3 is 5.32 Å². The highest BCUT2D eigenvalue weighted by atomic mass is 32.2. The van der Waals surface area contributed by atoms with E-state index in [1.807, 2.05) is 24.3 Å². The second-order valence-corrected chi connectivity index (χ2v) is 7.05. The van der Waals surface area contributed by atoms with E-state index >= 15 is 0 Å². The van der Waals surface area contributed by atoms with Gasteiger partial charge in [-0.25, -0.2) is 13.6 Å². The summed E-state index contributed by atoms with van der Waals surface area (Å²) in [6, 6.07) is 8.05. The molecular formula is C14H22N2O2S. The molecule has 3 N–H and O–H groups in total. The van der Waals surface area contributed by atoms with Crippen molar-refractivity contribution in [3.63, 3.8) is 0 Å². The molecule has 4 nitrogen and oxygen atoms in total. The SMILES string of the molecule is CCC1CCC(Nc2ccc(CS(N)(=O)=O)cc2)C1. The number of sulfonamides is 1. The minimum Gasteiger partial charge on any atom is -0.382 e. The van der Waals surface area contributed by atoms with Gasteiger partial charge in [-0.1, -0.05) is 25.5 Å². The van der Waals surface area contributed by atoms with Gasteiger partial charge in [-0.15, -0.1) is 0 Å². The minimum absolute atomic E-state index is 0.103. The third-order valence-electron chi connectivity index (χ3n) is 3.81. The average Bonchev–Trinajstić information content (AvgIpc) is 2.77. The zero-order valence-corrected chi connectivity index (χ0v) is 12.1. The molecule has 1 fully saturated rings. The zero-order chi connectivity index (χ0) is 13.9. The standard InChI is InChI=1S/C14H22N2O2S/c1-2-11-3-8-14(9-11)16-13-6-4-12(5-7-13)10-19(15,17)18/h4-7,11,14,16H,2-3,8-10H2,1H3,(H2,15,17,18). The topological polar surface area (TPSA) is 72.2 Å². The Morgan fingerprint density at radius 1 is 1.26 bits per heavy atom. The predicted molar refractivity (Wildman–Crippen MR) is 78.3 cm³/mol. The number of primary sulfonamides is 1. The Hall–Kier alpha value is -1.07. The largest absolute Gasteiger partial charge is 0.382 e. The van der Waals surface area contributed by atoms with Crippen LogP contribution in [0.1, 0.15) is 38.2 Å². The summed E-state index contributed by atoms with van der Waals surface area (Å²) in [5, 5.41) is 8.54. The second kappa shape index (κ2) is 5.92. The van der Waals surface area contributed by atoms with Crippen LogP contribution in [0.2, 0.25) is 0 Å². The molecule has 1 aliphatic rings. The quantitative estimate of drug-likeness (QED) is 0.871. The number of anilines is 1. The molecule has 5 heteroatoms. The number of nitrogens with two attached hydrogens (primary N) is 1. The molecule has 0 bridgehead atoms. The van der Waals surface area contributed by atoms with E-state index in [2.05, 4.69) is 12.2 Å². The fraction of sp³-hybridized carbons (Fsp3) is 0.571. The molecule has 0 saturated heterocycles. The van der Waals surface area contributed by atoms with Gasteiger partial charge in [0, 0.05) is 11.7 Å². The van der Waals surface area contributed by atoms with E-state index in [4.69, 9.17) is 5.14 Å². The van der Waals surface area contributed by atoms with Gasteiger partial charge in [-0.2, -0.15) is 0 Å². The molecule has 0 amide bonds. The Kier molecular flexibility index (Phi) is 4.47. The smallest absolute Gasteiger partial charge is 0.213 e. The van der Waals surface area contributed by atoms with Crippen molar-refractivity contribution < 1.29 is 8.42 Å². The molecule has 106 valence electrons. The van der Waals surface area contributed by atoms with Gasteiger partial charge >= 0.3 is 0 Å². The van der Waals surface area contributed by atoms with Crippen LogP contribution in [0.25, 0.3) is 0 Å². The van der Waals surface area contributed by atoms with Crippen molar-refractivity contribution in [1.29, 1.82) is 0 Å². The Morgan fingerprint density at radius 2 is 1.95 bits per heavy atom. The molecule has 2 rings (SSSR count). The Balaban J connectivity index is 1.92. The number of hydrogen-bond acceptors (Lipinski definition) is 3. The van der Waals surface area contributed by atoms with Crippen LogP contribution in [-0.4, -0.2) is 14.5 Å². The van der Waals surface area contributed by atoms with E-state index in [0.717, 1.165) is 17.2 Å². The van der Waals surface area contributed by atoms with Gasteiger partial charge in [0.15, 0.2) is 0 Å². The molecular weight excluding hydrogens is 260 g/mol. The van der Waals surface area contributed by atoms with Gasteiger partial charge in [-0.3, -0.25) is 0 Å². The van der Waals surface area contributed by atoms with Crippen LogP contribution in [-0.2, 0) is 15.8 Å². The van der Waals surface area contributed by atoms with Crippen molar-refractivity contribution in [2.24, 2.45) is 11.1 Å². The lowest BCUT2D eigenvalue weighted by atomic mass is 10.1. The van der Waals surface area contributed by atoms with E-state index in [-0.39, 0.29) is 5.75 Å². The maximum Gasteiger partial charge on any atom is 0.213 e. The van der Waals surface area contributed by atoms with Crippen LogP contribution >= 0.6 is 0 Å². The monoisotopic (exact) mass is 282 g/mol. The lowest BCUT2D eigenvalue weighted by molar-refractivity contribution is 0.525. The molecule has 0 spiro atoms. The van der Waals surface area contributed by atoms with Crippen molar-refractivity contribution in [2.75, 3.05) is 5.32 Å². The maximum absolute atomic E-state index is 11.0. The number of rotatable bonds is 5. The van der Waals surface area contributed by atoms with Crippen LogP contribution in [0.3, 0.4) is 0 Å². The van der Waals surface area contributed by atoms with Crippen LogP contribution in [0.4, 0.5) is 5.69 Å².